The molecule has 0 radical (unpaired) electrons. The lowest BCUT2D eigenvalue weighted by Gasteiger charge is -2.16. The molecule has 0 saturated carbocycles. The van der Waals surface area contributed by atoms with Gasteiger partial charge in [-0.25, -0.2) is 4.79 Å². The quantitative estimate of drug-likeness (QED) is 0.712. The van der Waals surface area contributed by atoms with Gasteiger partial charge in [-0.2, -0.15) is 0 Å². The number of amides is 1. The maximum atomic E-state index is 11.8. The summed E-state index contributed by atoms with van der Waals surface area (Å²) in [6.45, 7) is 3.94. The molecule has 1 amide bonds. The Hall–Kier alpha value is -2.04. The van der Waals surface area contributed by atoms with Gasteiger partial charge in [-0.05, 0) is 23.6 Å². The van der Waals surface area contributed by atoms with Crippen LogP contribution in [-0.2, 0) is 16.0 Å². The van der Waals surface area contributed by atoms with E-state index in [-0.39, 0.29) is 24.0 Å². The van der Waals surface area contributed by atoms with Crippen LogP contribution >= 0.6 is 0 Å². The van der Waals surface area contributed by atoms with Crippen molar-refractivity contribution in [1.29, 1.82) is 0 Å². The van der Waals surface area contributed by atoms with Crippen molar-refractivity contribution in [2.45, 2.75) is 39.2 Å². The summed E-state index contributed by atoms with van der Waals surface area (Å²) in [7, 11) is 0. The predicted molar refractivity (Wildman–Crippen MR) is 75.4 cm³/mol. The van der Waals surface area contributed by atoms with Crippen LogP contribution in [0.15, 0.2) is 24.3 Å². The van der Waals surface area contributed by atoms with Crippen molar-refractivity contribution in [2.24, 2.45) is 5.92 Å². The van der Waals surface area contributed by atoms with Crippen molar-refractivity contribution in [3.63, 3.8) is 0 Å². The maximum absolute atomic E-state index is 11.8. The smallest absolute Gasteiger partial charge is 0.326 e. The monoisotopic (exact) mass is 279 g/mol. The Kier molecular flexibility index (Phi) is 6.03. The number of aliphatic carboxylic acids is 1. The third-order valence-corrected chi connectivity index (χ3v) is 3.24. The number of carboxylic acid groups (broad SMARTS) is 1. The molecule has 2 atom stereocenters. The SMILES string of the molecule is CCC(C)CC(=O)NC(Cc1ccc(O)cc1)C(=O)O. The summed E-state index contributed by atoms with van der Waals surface area (Å²) in [6, 6.07) is 5.33. The second-order valence-electron chi connectivity index (χ2n) is 5.05. The molecule has 20 heavy (non-hydrogen) atoms. The highest BCUT2D eigenvalue weighted by Crippen LogP contribution is 2.12. The van der Waals surface area contributed by atoms with Crippen LogP contribution in [0.1, 0.15) is 32.3 Å². The molecule has 0 aliphatic rings. The number of carbonyl (C=O) groups is 2. The zero-order valence-electron chi connectivity index (χ0n) is 11.8. The van der Waals surface area contributed by atoms with Gasteiger partial charge in [0, 0.05) is 12.8 Å². The van der Waals surface area contributed by atoms with Gasteiger partial charge in [0.2, 0.25) is 5.91 Å². The third kappa shape index (κ3) is 5.30. The lowest BCUT2D eigenvalue weighted by Crippen LogP contribution is -2.42. The summed E-state index contributed by atoms with van der Waals surface area (Å²) < 4.78 is 0. The largest absolute Gasteiger partial charge is 0.508 e. The molecule has 3 N–H and O–H groups in total. The number of hydrogen-bond acceptors (Lipinski definition) is 3. The molecule has 0 aliphatic carbocycles. The molecule has 0 saturated heterocycles. The summed E-state index contributed by atoms with van der Waals surface area (Å²) in [5.41, 5.74) is 0.749. The van der Waals surface area contributed by atoms with Gasteiger partial charge >= 0.3 is 5.97 Å². The van der Waals surface area contributed by atoms with E-state index in [2.05, 4.69) is 5.32 Å². The highest BCUT2D eigenvalue weighted by molar-refractivity contribution is 5.83. The number of carbonyl (C=O) groups excluding carboxylic acids is 1. The number of aromatic hydroxyl groups is 1. The Morgan fingerprint density at radius 3 is 2.35 bits per heavy atom. The fourth-order valence-electron chi connectivity index (χ4n) is 1.78. The first-order chi connectivity index (χ1) is 9.42. The Morgan fingerprint density at radius 2 is 1.85 bits per heavy atom. The number of phenolic OH excluding ortho intramolecular Hbond substituents is 1. The summed E-state index contributed by atoms with van der Waals surface area (Å²) in [5, 5.41) is 20.9. The molecule has 5 nitrogen and oxygen atoms in total. The zero-order valence-corrected chi connectivity index (χ0v) is 11.8. The van der Waals surface area contributed by atoms with Crippen molar-refractivity contribution in [1.82, 2.24) is 5.32 Å². The average molecular weight is 279 g/mol. The van der Waals surface area contributed by atoms with E-state index < -0.39 is 12.0 Å². The third-order valence-electron chi connectivity index (χ3n) is 3.24. The van der Waals surface area contributed by atoms with Gasteiger partial charge < -0.3 is 15.5 Å². The van der Waals surface area contributed by atoms with Gasteiger partial charge in [0.05, 0.1) is 0 Å². The summed E-state index contributed by atoms with van der Waals surface area (Å²) in [5.74, 6) is -0.944. The standard InChI is InChI=1S/C15H21NO4/c1-3-10(2)8-14(18)16-13(15(19)20)9-11-4-6-12(17)7-5-11/h4-7,10,13,17H,3,8-9H2,1-2H3,(H,16,18)(H,19,20). The number of phenols is 1. The van der Waals surface area contributed by atoms with Crippen molar-refractivity contribution in [2.75, 3.05) is 0 Å². The molecule has 1 rings (SSSR count). The molecular formula is C15H21NO4. The molecule has 0 aliphatic heterocycles. The van der Waals surface area contributed by atoms with Crippen molar-refractivity contribution >= 4 is 11.9 Å². The van der Waals surface area contributed by atoms with Crippen LogP contribution < -0.4 is 5.32 Å². The molecule has 110 valence electrons. The number of carboxylic acids is 1. The van der Waals surface area contributed by atoms with Crippen molar-refractivity contribution in [3.8, 4) is 5.75 Å². The number of nitrogens with one attached hydrogen (secondary N) is 1. The van der Waals surface area contributed by atoms with Crippen molar-refractivity contribution in [3.05, 3.63) is 29.8 Å². The van der Waals surface area contributed by atoms with Gasteiger partial charge in [-0.1, -0.05) is 32.4 Å². The molecule has 0 aromatic heterocycles. The van der Waals surface area contributed by atoms with Crippen LogP contribution in [0, 0.1) is 5.92 Å². The van der Waals surface area contributed by atoms with Crippen LogP contribution in [0.3, 0.4) is 0 Å². The minimum Gasteiger partial charge on any atom is -0.508 e. The molecule has 1 aromatic carbocycles. The number of rotatable bonds is 7. The zero-order chi connectivity index (χ0) is 15.1. The predicted octanol–water partition coefficient (Wildman–Crippen LogP) is 1.94. The molecule has 0 bridgehead atoms. The van der Waals surface area contributed by atoms with E-state index in [1.165, 1.54) is 12.1 Å². The van der Waals surface area contributed by atoms with Gasteiger partial charge in [-0.15, -0.1) is 0 Å². The minimum atomic E-state index is -1.06. The molecule has 5 heteroatoms. The lowest BCUT2D eigenvalue weighted by atomic mass is 10.0. The van der Waals surface area contributed by atoms with Gasteiger partial charge in [0.1, 0.15) is 11.8 Å². The molecule has 2 unspecified atom stereocenters. The van der Waals surface area contributed by atoms with Crippen LogP contribution in [0.5, 0.6) is 5.75 Å². The van der Waals surface area contributed by atoms with E-state index in [0.717, 1.165) is 12.0 Å². The molecule has 0 heterocycles. The van der Waals surface area contributed by atoms with Crippen LogP contribution in [0.4, 0.5) is 0 Å². The number of hydrogen-bond donors (Lipinski definition) is 3. The van der Waals surface area contributed by atoms with E-state index in [1.807, 2.05) is 13.8 Å². The van der Waals surface area contributed by atoms with E-state index >= 15 is 0 Å². The molecule has 0 fully saturated rings. The highest BCUT2D eigenvalue weighted by Gasteiger charge is 2.21. The van der Waals surface area contributed by atoms with Gasteiger partial charge in [0.15, 0.2) is 0 Å². The first kappa shape index (κ1) is 16.0. The van der Waals surface area contributed by atoms with E-state index in [4.69, 9.17) is 5.11 Å². The molecule has 0 spiro atoms. The molecule has 1 aromatic rings. The summed E-state index contributed by atoms with van der Waals surface area (Å²) in [4.78, 5) is 23.0. The molecular weight excluding hydrogens is 258 g/mol. The fraction of sp³-hybridized carbons (Fsp3) is 0.467. The first-order valence-corrected chi connectivity index (χ1v) is 6.72. The van der Waals surface area contributed by atoms with Gasteiger partial charge in [0.25, 0.3) is 0 Å². The van der Waals surface area contributed by atoms with E-state index in [1.54, 1.807) is 12.1 Å². The van der Waals surface area contributed by atoms with Crippen LogP contribution in [-0.4, -0.2) is 28.1 Å². The van der Waals surface area contributed by atoms with Crippen molar-refractivity contribution < 1.29 is 19.8 Å². The second-order valence-corrected chi connectivity index (χ2v) is 5.05. The minimum absolute atomic E-state index is 0.126. The Bertz CT molecular complexity index is 455. The van der Waals surface area contributed by atoms with E-state index in [0.29, 0.717) is 6.42 Å². The summed E-state index contributed by atoms with van der Waals surface area (Å²) >= 11 is 0. The van der Waals surface area contributed by atoms with E-state index in [9.17, 15) is 14.7 Å². The number of benzene rings is 1. The van der Waals surface area contributed by atoms with Gasteiger partial charge in [-0.3, -0.25) is 4.79 Å². The average Bonchev–Trinajstić information content (AvgIpc) is 2.40. The Labute approximate surface area is 118 Å². The normalized spacial score (nSPS) is 13.5. The van der Waals surface area contributed by atoms with Crippen LogP contribution in [0.25, 0.3) is 0 Å². The first-order valence-electron chi connectivity index (χ1n) is 6.72. The lowest BCUT2D eigenvalue weighted by molar-refractivity contribution is -0.141. The summed E-state index contributed by atoms with van der Waals surface area (Å²) in [6.07, 6.45) is 1.40. The maximum Gasteiger partial charge on any atom is 0.326 e. The Morgan fingerprint density at radius 1 is 1.25 bits per heavy atom. The van der Waals surface area contributed by atoms with Crippen LogP contribution in [0.2, 0.25) is 0 Å². The second kappa shape index (κ2) is 7.53. The highest BCUT2D eigenvalue weighted by atomic mass is 16.4. The fourth-order valence-corrected chi connectivity index (χ4v) is 1.78. The topological polar surface area (TPSA) is 86.6 Å². The Balaban J connectivity index is 2.63.